The van der Waals surface area contributed by atoms with E-state index >= 15 is 0 Å². The van der Waals surface area contributed by atoms with Crippen molar-refractivity contribution >= 4 is 21.7 Å². The first-order chi connectivity index (χ1) is 9.83. The third-order valence-corrected chi connectivity index (χ3v) is 5.02. The fourth-order valence-corrected chi connectivity index (χ4v) is 3.21. The maximum Gasteiger partial charge on any atom is 0.337 e. The lowest BCUT2D eigenvalue weighted by atomic mass is 10.2. The molecule has 1 saturated carbocycles. The minimum atomic E-state index is -3.70. The van der Waals surface area contributed by atoms with Crippen LogP contribution >= 0.6 is 0 Å². The number of carboxylic acids is 1. The van der Waals surface area contributed by atoms with E-state index in [1.807, 2.05) is 6.92 Å². The lowest BCUT2D eigenvalue weighted by molar-refractivity contribution is 0.0697. The highest BCUT2D eigenvalue weighted by atomic mass is 32.2. The molecule has 21 heavy (non-hydrogen) atoms. The summed E-state index contributed by atoms with van der Waals surface area (Å²) in [5.74, 6) is -1.14. The monoisotopic (exact) mass is 312 g/mol. The van der Waals surface area contributed by atoms with E-state index in [2.05, 4.69) is 10.0 Å². The molecular weight excluding hydrogens is 292 g/mol. The summed E-state index contributed by atoms with van der Waals surface area (Å²) < 4.78 is 26.9. The lowest BCUT2D eigenvalue weighted by Gasteiger charge is -2.14. The Morgan fingerprint density at radius 2 is 2.10 bits per heavy atom. The van der Waals surface area contributed by atoms with Crippen molar-refractivity contribution < 1.29 is 18.3 Å². The normalized spacial score (nSPS) is 16.5. The van der Waals surface area contributed by atoms with Gasteiger partial charge in [0, 0.05) is 17.8 Å². The Labute approximate surface area is 124 Å². The zero-order valence-electron chi connectivity index (χ0n) is 12.1. The Balaban J connectivity index is 2.32. The van der Waals surface area contributed by atoms with Crippen LogP contribution in [0, 0.1) is 0 Å². The highest BCUT2D eigenvalue weighted by Crippen LogP contribution is 2.28. The van der Waals surface area contributed by atoms with E-state index in [4.69, 9.17) is 0 Å². The Bertz CT molecular complexity index is 638. The van der Waals surface area contributed by atoms with E-state index in [1.54, 1.807) is 6.92 Å². The van der Waals surface area contributed by atoms with E-state index in [1.165, 1.54) is 18.2 Å². The molecule has 0 aliphatic heterocycles. The minimum Gasteiger partial charge on any atom is -0.478 e. The van der Waals surface area contributed by atoms with Crippen molar-refractivity contribution in [3.8, 4) is 0 Å². The first kappa shape index (κ1) is 15.8. The molecule has 1 unspecified atom stereocenters. The molecule has 7 heteroatoms. The largest absolute Gasteiger partial charge is 0.478 e. The van der Waals surface area contributed by atoms with Gasteiger partial charge in [-0.05, 0) is 44.4 Å². The Morgan fingerprint density at radius 1 is 1.43 bits per heavy atom. The fraction of sp³-hybridized carbons (Fsp3) is 0.500. The van der Waals surface area contributed by atoms with Gasteiger partial charge in [-0.3, -0.25) is 0 Å². The summed E-state index contributed by atoms with van der Waals surface area (Å²) in [4.78, 5) is 11.3. The number of hydrogen-bond donors (Lipinski definition) is 3. The van der Waals surface area contributed by atoms with Crippen molar-refractivity contribution in [2.75, 3.05) is 5.32 Å². The number of carboxylic acid groups (broad SMARTS) is 1. The van der Waals surface area contributed by atoms with Gasteiger partial charge in [0.05, 0.1) is 10.5 Å². The molecule has 3 N–H and O–H groups in total. The quantitative estimate of drug-likeness (QED) is 0.716. The molecule has 1 atom stereocenters. The van der Waals surface area contributed by atoms with Crippen LogP contribution in [0.5, 0.6) is 0 Å². The lowest BCUT2D eigenvalue weighted by Crippen LogP contribution is -2.32. The summed E-state index contributed by atoms with van der Waals surface area (Å²) in [5.41, 5.74) is 0.446. The zero-order valence-corrected chi connectivity index (χ0v) is 12.9. The van der Waals surface area contributed by atoms with E-state index in [-0.39, 0.29) is 16.5 Å². The number of aromatic carboxylic acids is 1. The fourth-order valence-electron chi connectivity index (χ4n) is 1.86. The standard InChI is InChI=1S/C14H20N2O4S/c1-3-9(2)16-21(19,20)11-6-7-13(15-10-4-5-10)12(8-11)14(17)18/h6-10,15-16H,3-5H2,1-2H3,(H,17,18). The molecule has 1 fully saturated rings. The molecule has 0 heterocycles. The molecule has 0 spiro atoms. The molecule has 0 bridgehead atoms. The van der Waals surface area contributed by atoms with Crippen LogP contribution < -0.4 is 10.0 Å². The smallest absolute Gasteiger partial charge is 0.337 e. The van der Waals surface area contributed by atoms with Gasteiger partial charge in [-0.25, -0.2) is 17.9 Å². The van der Waals surface area contributed by atoms with Crippen molar-refractivity contribution in [2.24, 2.45) is 0 Å². The molecule has 1 aromatic rings. The van der Waals surface area contributed by atoms with E-state index in [0.29, 0.717) is 18.2 Å². The van der Waals surface area contributed by atoms with Crippen molar-refractivity contribution in [1.82, 2.24) is 4.72 Å². The number of benzene rings is 1. The van der Waals surface area contributed by atoms with Crippen molar-refractivity contribution in [3.05, 3.63) is 23.8 Å². The summed E-state index contributed by atoms with van der Waals surface area (Å²) in [6, 6.07) is 4.25. The van der Waals surface area contributed by atoms with Crippen LogP contribution in [-0.4, -0.2) is 31.6 Å². The van der Waals surface area contributed by atoms with Crippen LogP contribution in [0.2, 0.25) is 0 Å². The molecule has 1 aromatic carbocycles. The Kier molecular flexibility index (Phi) is 4.53. The second kappa shape index (κ2) is 6.03. The van der Waals surface area contributed by atoms with Gasteiger partial charge in [0.15, 0.2) is 0 Å². The number of carbonyl (C=O) groups is 1. The van der Waals surface area contributed by atoms with Crippen LogP contribution in [-0.2, 0) is 10.0 Å². The third kappa shape index (κ3) is 3.95. The molecule has 0 radical (unpaired) electrons. The van der Waals surface area contributed by atoms with Crippen molar-refractivity contribution in [3.63, 3.8) is 0 Å². The van der Waals surface area contributed by atoms with Crippen molar-refractivity contribution in [1.29, 1.82) is 0 Å². The second-order valence-corrected chi connectivity index (χ2v) is 7.08. The van der Waals surface area contributed by atoms with Gasteiger partial charge in [0.25, 0.3) is 0 Å². The summed E-state index contributed by atoms with van der Waals surface area (Å²) >= 11 is 0. The summed E-state index contributed by atoms with van der Waals surface area (Å²) in [6.45, 7) is 3.64. The first-order valence-electron chi connectivity index (χ1n) is 6.99. The molecule has 116 valence electrons. The third-order valence-electron chi connectivity index (χ3n) is 3.44. The molecule has 1 aliphatic carbocycles. The van der Waals surface area contributed by atoms with Gasteiger partial charge in [0.1, 0.15) is 0 Å². The zero-order chi connectivity index (χ0) is 15.6. The van der Waals surface area contributed by atoms with Gasteiger partial charge in [-0.1, -0.05) is 6.92 Å². The minimum absolute atomic E-state index is 0.0195. The number of hydrogen-bond acceptors (Lipinski definition) is 4. The second-order valence-electron chi connectivity index (χ2n) is 5.36. The number of rotatable bonds is 7. The maximum atomic E-state index is 12.2. The van der Waals surface area contributed by atoms with Crippen LogP contribution in [0.25, 0.3) is 0 Å². The van der Waals surface area contributed by atoms with Gasteiger partial charge in [0.2, 0.25) is 10.0 Å². The summed E-state index contributed by atoms with van der Waals surface area (Å²) in [7, 11) is -3.70. The molecular formula is C14H20N2O4S. The molecule has 0 aromatic heterocycles. The summed E-state index contributed by atoms with van der Waals surface area (Å²) in [6.07, 6.45) is 2.68. The van der Waals surface area contributed by atoms with Gasteiger partial charge >= 0.3 is 5.97 Å². The highest BCUT2D eigenvalue weighted by molar-refractivity contribution is 7.89. The van der Waals surface area contributed by atoms with Crippen LogP contribution in [0.15, 0.2) is 23.1 Å². The average molecular weight is 312 g/mol. The maximum absolute atomic E-state index is 12.2. The topological polar surface area (TPSA) is 95.5 Å². The predicted octanol–water partition coefficient (Wildman–Crippen LogP) is 2.04. The van der Waals surface area contributed by atoms with E-state index in [9.17, 15) is 18.3 Å². The summed E-state index contributed by atoms with van der Waals surface area (Å²) in [5, 5.41) is 12.4. The average Bonchev–Trinajstić information content (AvgIpc) is 3.22. The van der Waals surface area contributed by atoms with Gasteiger partial charge in [-0.15, -0.1) is 0 Å². The van der Waals surface area contributed by atoms with E-state index < -0.39 is 16.0 Å². The molecule has 2 rings (SSSR count). The molecule has 6 nitrogen and oxygen atoms in total. The predicted molar refractivity (Wildman–Crippen MR) is 80.1 cm³/mol. The Morgan fingerprint density at radius 3 is 2.62 bits per heavy atom. The van der Waals surface area contributed by atoms with E-state index in [0.717, 1.165) is 12.8 Å². The van der Waals surface area contributed by atoms with Crippen molar-refractivity contribution in [2.45, 2.75) is 50.1 Å². The first-order valence-corrected chi connectivity index (χ1v) is 8.48. The SMILES string of the molecule is CCC(C)NS(=O)(=O)c1ccc(NC2CC2)c(C(=O)O)c1. The van der Waals surface area contributed by atoms with Crippen LogP contribution in [0.1, 0.15) is 43.5 Å². The number of sulfonamides is 1. The van der Waals surface area contributed by atoms with Crippen LogP contribution in [0.4, 0.5) is 5.69 Å². The van der Waals surface area contributed by atoms with Crippen LogP contribution in [0.3, 0.4) is 0 Å². The molecule has 0 saturated heterocycles. The Hall–Kier alpha value is -1.60. The van der Waals surface area contributed by atoms with Gasteiger partial charge in [-0.2, -0.15) is 0 Å². The number of nitrogens with one attached hydrogen (secondary N) is 2. The van der Waals surface area contributed by atoms with Gasteiger partial charge < -0.3 is 10.4 Å². The molecule has 0 amide bonds. The number of anilines is 1. The molecule has 1 aliphatic rings. The highest BCUT2D eigenvalue weighted by Gasteiger charge is 2.25.